The number of fused-ring (bicyclic) bond motifs is 1. The van der Waals surface area contributed by atoms with Gasteiger partial charge < -0.3 is 0 Å². The number of hydrogen-bond acceptors (Lipinski definition) is 5. The first-order valence-corrected chi connectivity index (χ1v) is 9.66. The Bertz CT molecular complexity index is 1130. The van der Waals surface area contributed by atoms with Crippen LogP contribution in [0.4, 0.5) is 0 Å². The Balaban J connectivity index is 1.81. The fraction of sp³-hybridized carbons (Fsp3) is 0.200. The Labute approximate surface area is 160 Å². The maximum absolute atomic E-state index is 13.2. The topological polar surface area (TPSA) is 65.6 Å². The normalized spacial score (nSPS) is 11.2. The van der Waals surface area contributed by atoms with E-state index in [1.165, 1.54) is 6.33 Å². The van der Waals surface area contributed by atoms with Crippen LogP contribution >= 0.6 is 11.8 Å². The monoisotopic (exact) mass is 377 g/mol. The van der Waals surface area contributed by atoms with E-state index in [0.29, 0.717) is 22.6 Å². The van der Waals surface area contributed by atoms with Gasteiger partial charge in [-0.25, -0.2) is 9.97 Å². The molecule has 0 amide bonds. The van der Waals surface area contributed by atoms with Crippen molar-refractivity contribution in [1.82, 2.24) is 24.3 Å². The molecule has 2 heterocycles. The number of hydrogen-bond donors (Lipinski definition) is 0. The van der Waals surface area contributed by atoms with Crippen molar-refractivity contribution in [3.05, 3.63) is 76.6 Å². The van der Waals surface area contributed by atoms with E-state index in [1.54, 1.807) is 27.3 Å². The van der Waals surface area contributed by atoms with Crippen LogP contribution in [0.2, 0.25) is 0 Å². The lowest BCUT2D eigenvalue weighted by atomic mass is 10.1. The molecule has 4 aromatic rings. The molecule has 136 valence electrons. The summed E-state index contributed by atoms with van der Waals surface area (Å²) < 4.78 is 3.49. The van der Waals surface area contributed by atoms with E-state index in [-0.39, 0.29) is 5.56 Å². The van der Waals surface area contributed by atoms with Gasteiger partial charge in [0.1, 0.15) is 12.7 Å². The molecule has 4 rings (SSSR count). The zero-order valence-electron chi connectivity index (χ0n) is 15.2. The van der Waals surface area contributed by atoms with Crippen molar-refractivity contribution in [2.75, 3.05) is 5.75 Å². The van der Waals surface area contributed by atoms with Gasteiger partial charge in [-0.15, -0.1) is 0 Å². The van der Waals surface area contributed by atoms with Crippen molar-refractivity contribution in [1.29, 1.82) is 0 Å². The van der Waals surface area contributed by atoms with Crippen LogP contribution in [0.3, 0.4) is 0 Å². The number of thioether (sulfide) groups is 1. The second kappa shape index (κ2) is 7.36. The van der Waals surface area contributed by atoms with Gasteiger partial charge in [-0.2, -0.15) is 5.10 Å². The van der Waals surface area contributed by atoms with Gasteiger partial charge in [0.2, 0.25) is 0 Å². The van der Waals surface area contributed by atoms with Crippen LogP contribution in [-0.2, 0) is 6.54 Å². The molecule has 0 bridgehead atoms. The summed E-state index contributed by atoms with van der Waals surface area (Å²) in [4.78, 5) is 22.0. The lowest BCUT2D eigenvalue weighted by Crippen LogP contribution is -2.22. The molecule has 0 saturated heterocycles. The Morgan fingerprint density at radius 1 is 1.07 bits per heavy atom. The van der Waals surface area contributed by atoms with Crippen molar-refractivity contribution < 1.29 is 0 Å². The van der Waals surface area contributed by atoms with Crippen LogP contribution in [0.15, 0.2) is 65.1 Å². The average molecular weight is 377 g/mol. The number of nitrogens with zero attached hydrogens (tertiary/aromatic N) is 5. The molecule has 0 N–H and O–H groups in total. The number of aromatic nitrogens is 5. The maximum atomic E-state index is 13.2. The molecule has 0 spiro atoms. The quantitative estimate of drug-likeness (QED) is 0.394. The summed E-state index contributed by atoms with van der Waals surface area (Å²) in [6.07, 6.45) is 3.20. The van der Waals surface area contributed by atoms with E-state index in [4.69, 9.17) is 4.98 Å². The predicted octanol–water partition coefficient (Wildman–Crippen LogP) is 3.39. The molecule has 2 aromatic heterocycles. The molecule has 0 aliphatic carbocycles. The molecule has 0 radical (unpaired) electrons. The van der Waals surface area contributed by atoms with Crippen LogP contribution in [0.25, 0.3) is 16.6 Å². The van der Waals surface area contributed by atoms with E-state index >= 15 is 0 Å². The smallest absolute Gasteiger partial charge is 0.266 e. The fourth-order valence-electron chi connectivity index (χ4n) is 3.10. The number of rotatable bonds is 5. The lowest BCUT2D eigenvalue weighted by Gasteiger charge is -2.14. The molecule has 0 aliphatic heterocycles. The Morgan fingerprint density at radius 2 is 1.85 bits per heavy atom. The second-order valence-electron chi connectivity index (χ2n) is 6.41. The Hall–Kier alpha value is -2.93. The largest absolute Gasteiger partial charge is 0.268 e. The molecule has 2 aromatic carbocycles. The summed E-state index contributed by atoms with van der Waals surface area (Å²) in [6, 6.07) is 13.6. The van der Waals surface area contributed by atoms with Gasteiger partial charge >= 0.3 is 0 Å². The predicted molar refractivity (Wildman–Crippen MR) is 108 cm³/mol. The van der Waals surface area contributed by atoms with Crippen LogP contribution in [-0.4, -0.2) is 30.1 Å². The first kappa shape index (κ1) is 17.5. The number of benzene rings is 2. The Morgan fingerprint density at radius 3 is 2.59 bits per heavy atom. The van der Waals surface area contributed by atoms with Gasteiger partial charge in [-0.05, 0) is 49.2 Å². The van der Waals surface area contributed by atoms with Crippen molar-refractivity contribution in [2.45, 2.75) is 25.5 Å². The highest BCUT2D eigenvalue weighted by Crippen LogP contribution is 2.22. The lowest BCUT2D eigenvalue weighted by molar-refractivity contribution is 0.663. The minimum absolute atomic E-state index is 0.0474. The number of para-hydroxylation sites is 1. The molecule has 0 unspecified atom stereocenters. The molecule has 27 heavy (non-hydrogen) atoms. The molecular weight excluding hydrogens is 358 g/mol. The standard InChI is InChI=1S/C20H19N5OS/c1-14-9-15(2)11-16(10-14)25-19(26)17-5-3-4-6-18(17)23-20(25)27-8-7-24-13-21-12-22-24/h3-6,9-13H,7-8H2,1-2H3. The van der Waals surface area contributed by atoms with Crippen LogP contribution in [0, 0.1) is 13.8 Å². The summed E-state index contributed by atoms with van der Waals surface area (Å²) in [5, 5.41) is 5.43. The summed E-state index contributed by atoms with van der Waals surface area (Å²) in [7, 11) is 0. The molecule has 0 atom stereocenters. The van der Waals surface area contributed by atoms with Crippen LogP contribution in [0.1, 0.15) is 11.1 Å². The van der Waals surface area contributed by atoms with Crippen molar-refractivity contribution in [3.8, 4) is 5.69 Å². The van der Waals surface area contributed by atoms with Crippen LogP contribution in [0.5, 0.6) is 0 Å². The van der Waals surface area contributed by atoms with E-state index in [1.807, 2.05) is 50.2 Å². The van der Waals surface area contributed by atoms with Crippen molar-refractivity contribution >= 4 is 22.7 Å². The van der Waals surface area contributed by atoms with Gasteiger partial charge in [-0.1, -0.05) is 30.0 Å². The summed E-state index contributed by atoms with van der Waals surface area (Å²) >= 11 is 1.54. The van der Waals surface area contributed by atoms with Gasteiger partial charge in [0.25, 0.3) is 5.56 Å². The highest BCUT2D eigenvalue weighted by Gasteiger charge is 2.14. The van der Waals surface area contributed by atoms with Gasteiger partial charge in [0, 0.05) is 5.75 Å². The molecule has 6 nitrogen and oxygen atoms in total. The average Bonchev–Trinajstić information content (AvgIpc) is 3.14. The second-order valence-corrected chi connectivity index (χ2v) is 7.47. The van der Waals surface area contributed by atoms with Gasteiger partial charge in [-0.3, -0.25) is 14.0 Å². The first-order chi connectivity index (χ1) is 13.1. The summed E-state index contributed by atoms with van der Waals surface area (Å²) in [6.45, 7) is 4.77. The molecule has 0 fully saturated rings. The third-order valence-electron chi connectivity index (χ3n) is 4.23. The van der Waals surface area contributed by atoms with Crippen molar-refractivity contribution in [3.63, 3.8) is 0 Å². The number of aryl methyl sites for hydroxylation is 3. The van der Waals surface area contributed by atoms with Gasteiger partial charge in [0.05, 0.1) is 23.1 Å². The SMILES string of the molecule is Cc1cc(C)cc(-n2c(SCCn3cncn3)nc3ccccc3c2=O)c1. The first-order valence-electron chi connectivity index (χ1n) is 8.67. The zero-order valence-corrected chi connectivity index (χ0v) is 16.0. The molecule has 7 heteroatoms. The van der Waals surface area contributed by atoms with Crippen molar-refractivity contribution in [2.24, 2.45) is 0 Å². The minimum atomic E-state index is -0.0474. The highest BCUT2D eigenvalue weighted by molar-refractivity contribution is 7.99. The Kier molecular flexibility index (Phi) is 4.77. The van der Waals surface area contributed by atoms with E-state index in [9.17, 15) is 4.79 Å². The molecular formula is C20H19N5OS. The molecule has 0 aliphatic rings. The zero-order chi connectivity index (χ0) is 18.8. The van der Waals surface area contributed by atoms with E-state index in [2.05, 4.69) is 16.1 Å². The third-order valence-corrected chi connectivity index (χ3v) is 5.15. The molecule has 0 saturated carbocycles. The fourth-order valence-corrected chi connectivity index (χ4v) is 4.04. The highest BCUT2D eigenvalue weighted by atomic mass is 32.2. The van der Waals surface area contributed by atoms with Crippen LogP contribution < -0.4 is 5.56 Å². The summed E-state index contributed by atoms with van der Waals surface area (Å²) in [5.74, 6) is 0.735. The van der Waals surface area contributed by atoms with Gasteiger partial charge in [0.15, 0.2) is 5.16 Å². The minimum Gasteiger partial charge on any atom is -0.268 e. The third kappa shape index (κ3) is 3.64. The van der Waals surface area contributed by atoms with E-state index in [0.717, 1.165) is 22.6 Å². The summed E-state index contributed by atoms with van der Waals surface area (Å²) in [5.41, 5.74) is 3.74. The maximum Gasteiger partial charge on any atom is 0.266 e. The van der Waals surface area contributed by atoms with E-state index < -0.39 is 0 Å².